The first-order valence-corrected chi connectivity index (χ1v) is 7.94. The molecular weight excluding hydrogens is 299 g/mol. The van der Waals surface area contributed by atoms with Gasteiger partial charge in [-0.05, 0) is 37.5 Å². The van der Waals surface area contributed by atoms with Crippen LogP contribution in [0.2, 0.25) is 0 Å². The van der Waals surface area contributed by atoms with Gasteiger partial charge < -0.3 is 20.1 Å². The summed E-state index contributed by atoms with van der Waals surface area (Å²) in [7, 11) is 1.65. The zero-order valence-corrected chi connectivity index (χ0v) is 13.7. The van der Waals surface area contributed by atoms with Gasteiger partial charge in [0.1, 0.15) is 5.82 Å². The molecule has 1 aliphatic rings. The molecule has 128 valence electrons. The number of benzene rings is 1. The number of likely N-dealkylation sites (N-methyl/N-ethyl adjacent to an activating group) is 1. The predicted molar refractivity (Wildman–Crippen MR) is 85.8 cm³/mol. The van der Waals surface area contributed by atoms with E-state index in [0.29, 0.717) is 19.8 Å². The second-order valence-corrected chi connectivity index (χ2v) is 6.20. The topological polar surface area (TPSA) is 61.8 Å². The van der Waals surface area contributed by atoms with Crippen LogP contribution >= 0.6 is 0 Å². The molecule has 1 aliphatic heterocycles. The number of nitrogens with one attached hydrogen (secondary N) is 1. The van der Waals surface area contributed by atoms with E-state index in [0.717, 1.165) is 18.4 Å². The van der Waals surface area contributed by atoms with Crippen LogP contribution in [0.15, 0.2) is 24.3 Å². The van der Waals surface area contributed by atoms with Crippen LogP contribution in [-0.4, -0.2) is 55.5 Å². The van der Waals surface area contributed by atoms with Gasteiger partial charge in [0.25, 0.3) is 0 Å². The van der Waals surface area contributed by atoms with Crippen LogP contribution in [0.5, 0.6) is 0 Å². The maximum absolute atomic E-state index is 13.6. The molecule has 1 saturated heterocycles. The van der Waals surface area contributed by atoms with E-state index in [4.69, 9.17) is 9.84 Å². The number of carbonyl (C=O) groups excluding carboxylic acids is 1. The lowest BCUT2D eigenvalue weighted by Crippen LogP contribution is -2.50. The van der Waals surface area contributed by atoms with Crippen LogP contribution in [0.25, 0.3) is 0 Å². The smallest absolute Gasteiger partial charge is 0.317 e. The van der Waals surface area contributed by atoms with Crippen molar-refractivity contribution in [2.24, 2.45) is 0 Å². The average molecular weight is 324 g/mol. The molecule has 0 spiro atoms. The normalized spacial score (nSPS) is 18.3. The summed E-state index contributed by atoms with van der Waals surface area (Å²) in [6, 6.07) is 6.07. The minimum Gasteiger partial charge on any atom is -0.394 e. The summed E-state index contributed by atoms with van der Waals surface area (Å²) in [6.07, 6.45) is 1.46. The largest absolute Gasteiger partial charge is 0.394 e. The number of hydrogen-bond donors (Lipinski definition) is 2. The third-order valence-electron chi connectivity index (χ3n) is 4.71. The predicted octanol–water partition coefficient (Wildman–Crippen LogP) is 1.90. The van der Waals surface area contributed by atoms with E-state index in [9.17, 15) is 9.18 Å². The highest BCUT2D eigenvalue weighted by molar-refractivity contribution is 5.74. The summed E-state index contributed by atoms with van der Waals surface area (Å²) >= 11 is 0. The summed E-state index contributed by atoms with van der Waals surface area (Å²) in [5.74, 6) is -0.272. The van der Waals surface area contributed by atoms with E-state index in [2.05, 4.69) is 5.32 Å². The maximum Gasteiger partial charge on any atom is 0.317 e. The van der Waals surface area contributed by atoms with E-state index < -0.39 is 0 Å². The Morgan fingerprint density at radius 1 is 1.48 bits per heavy atom. The van der Waals surface area contributed by atoms with Gasteiger partial charge in [0.05, 0.1) is 12.6 Å². The molecule has 0 radical (unpaired) electrons. The van der Waals surface area contributed by atoms with Crippen molar-refractivity contribution in [1.82, 2.24) is 10.2 Å². The number of rotatable bonds is 5. The standard InChI is InChI=1S/C17H25FN2O3/c1-13(11-21)20(2)16(22)19-12-17(6-8-23-9-7-17)14-4-3-5-15(18)10-14/h3-5,10,13,21H,6-9,11-12H2,1-2H3,(H,19,22). The third-order valence-corrected chi connectivity index (χ3v) is 4.71. The lowest BCUT2D eigenvalue weighted by Gasteiger charge is -2.38. The first kappa shape index (κ1) is 17.7. The third kappa shape index (κ3) is 4.20. The Kier molecular flexibility index (Phi) is 5.96. The average Bonchev–Trinajstić information content (AvgIpc) is 2.59. The number of carbonyl (C=O) groups is 1. The summed E-state index contributed by atoms with van der Waals surface area (Å²) in [5.41, 5.74) is 0.568. The van der Waals surface area contributed by atoms with E-state index in [1.807, 2.05) is 6.07 Å². The zero-order chi connectivity index (χ0) is 16.9. The van der Waals surface area contributed by atoms with Gasteiger partial charge in [-0.15, -0.1) is 0 Å². The van der Waals surface area contributed by atoms with Crippen molar-refractivity contribution in [1.29, 1.82) is 0 Å². The van der Waals surface area contributed by atoms with Gasteiger partial charge in [-0.2, -0.15) is 0 Å². The molecule has 2 amide bonds. The summed E-state index contributed by atoms with van der Waals surface area (Å²) in [6.45, 7) is 3.29. The molecule has 1 fully saturated rings. The number of hydrogen-bond acceptors (Lipinski definition) is 3. The maximum atomic E-state index is 13.6. The molecule has 1 aromatic rings. The van der Waals surface area contributed by atoms with E-state index in [1.54, 1.807) is 20.0 Å². The van der Waals surface area contributed by atoms with Crippen LogP contribution in [0.1, 0.15) is 25.3 Å². The first-order chi connectivity index (χ1) is 11.0. The minimum absolute atomic E-state index is 0.0905. The van der Waals surface area contributed by atoms with Gasteiger partial charge in [0.15, 0.2) is 0 Å². The van der Waals surface area contributed by atoms with E-state index >= 15 is 0 Å². The van der Waals surface area contributed by atoms with Crippen molar-refractivity contribution >= 4 is 6.03 Å². The number of urea groups is 1. The Hall–Kier alpha value is -1.66. The second-order valence-electron chi connectivity index (χ2n) is 6.20. The first-order valence-electron chi connectivity index (χ1n) is 7.94. The number of amides is 2. The lowest BCUT2D eigenvalue weighted by atomic mass is 9.74. The van der Waals surface area contributed by atoms with Crippen molar-refractivity contribution < 1.29 is 19.0 Å². The number of nitrogens with zero attached hydrogens (tertiary/aromatic N) is 1. The highest BCUT2D eigenvalue weighted by Crippen LogP contribution is 2.34. The molecule has 6 heteroatoms. The fraction of sp³-hybridized carbons (Fsp3) is 0.588. The van der Waals surface area contributed by atoms with Gasteiger partial charge in [0.2, 0.25) is 0 Å². The quantitative estimate of drug-likeness (QED) is 0.869. The summed E-state index contributed by atoms with van der Waals surface area (Å²) in [5, 5.41) is 12.1. The number of ether oxygens (including phenoxy) is 1. The molecule has 1 aromatic carbocycles. The Morgan fingerprint density at radius 3 is 2.78 bits per heavy atom. The molecule has 2 rings (SSSR count). The lowest BCUT2D eigenvalue weighted by molar-refractivity contribution is 0.0498. The molecule has 0 saturated carbocycles. The van der Waals surface area contributed by atoms with Crippen LogP contribution in [0, 0.1) is 5.82 Å². The van der Waals surface area contributed by atoms with Gasteiger partial charge in [-0.3, -0.25) is 0 Å². The molecule has 1 unspecified atom stereocenters. The monoisotopic (exact) mass is 324 g/mol. The molecule has 1 atom stereocenters. The summed E-state index contributed by atoms with van der Waals surface area (Å²) < 4.78 is 19.1. The number of halogens is 1. The van der Waals surface area contributed by atoms with Crippen molar-refractivity contribution in [3.63, 3.8) is 0 Å². The molecule has 0 bridgehead atoms. The Bertz CT molecular complexity index is 532. The number of aliphatic hydroxyl groups is 1. The molecule has 1 heterocycles. The second kappa shape index (κ2) is 7.75. The van der Waals surface area contributed by atoms with E-state index in [1.165, 1.54) is 17.0 Å². The molecule has 2 N–H and O–H groups in total. The highest BCUT2D eigenvalue weighted by Gasteiger charge is 2.35. The Labute approximate surface area is 136 Å². The fourth-order valence-corrected chi connectivity index (χ4v) is 2.84. The number of aliphatic hydroxyl groups excluding tert-OH is 1. The van der Waals surface area contributed by atoms with Gasteiger partial charge in [-0.25, -0.2) is 9.18 Å². The molecule has 0 aromatic heterocycles. The van der Waals surface area contributed by atoms with Crippen molar-refractivity contribution in [3.05, 3.63) is 35.6 Å². The van der Waals surface area contributed by atoms with Crippen LogP contribution in [0.4, 0.5) is 9.18 Å². The Morgan fingerprint density at radius 2 is 2.17 bits per heavy atom. The molecular formula is C17H25FN2O3. The van der Waals surface area contributed by atoms with E-state index in [-0.39, 0.29) is 29.9 Å². The van der Waals surface area contributed by atoms with Crippen molar-refractivity contribution in [2.45, 2.75) is 31.2 Å². The highest BCUT2D eigenvalue weighted by atomic mass is 19.1. The van der Waals surface area contributed by atoms with Crippen LogP contribution in [0.3, 0.4) is 0 Å². The zero-order valence-electron chi connectivity index (χ0n) is 13.7. The van der Waals surface area contributed by atoms with Crippen LogP contribution in [-0.2, 0) is 10.2 Å². The van der Waals surface area contributed by atoms with Crippen molar-refractivity contribution in [2.75, 3.05) is 33.4 Å². The minimum atomic E-state index is -0.320. The molecule has 23 heavy (non-hydrogen) atoms. The van der Waals surface area contributed by atoms with Gasteiger partial charge >= 0.3 is 6.03 Å². The summed E-state index contributed by atoms with van der Waals surface area (Å²) in [4.78, 5) is 13.7. The van der Waals surface area contributed by atoms with Gasteiger partial charge in [-0.1, -0.05) is 12.1 Å². The fourth-order valence-electron chi connectivity index (χ4n) is 2.84. The van der Waals surface area contributed by atoms with Crippen LogP contribution < -0.4 is 5.32 Å². The van der Waals surface area contributed by atoms with Gasteiger partial charge in [0, 0.05) is 32.2 Å². The molecule has 0 aliphatic carbocycles. The SMILES string of the molecule is CC(CO)N(C)C(=O)NCC1(c2cccc(F)c2)CCOCC1. The molecule has 5 nitrogen and oxygen atoms in total. The Balaban J connectivity index is 2.12. The van der Waals surface area contributed by atoms with Crippen molar-refractivity contribution in [3.8, 4) is 0 Å².